The first kappa shape index (κ1) is 25.1. The van der Waals surface area contributed by atoms with E-state index in [0.29, 0.717) is 67.1 Å². The van der Waals surface area contributed by atoms with Crippen LogP contribution in [0.5, 0.6) is 0 Å². The van der Waals surface area contributed by atoms with E-state index >= 15 is 0 Å². The maximum absolute atomic E-state index is 13.6. The van der Waals surface area contributed by atoms with Crippen LogP contribution in [-0.2, 0) is 19.2 Å². The summed E-state index contributed by atoms with van der Waals surface area (Å²) < 4.78 is 0. The summed E-state index contributed by atoms with van der Waals surface area (Å²) in [5.41, 5.74) is -1.32. The maximum Gasteiger partial charge on any atom is 0.195 e. The summed E-state index contributed by atoms with van der Waals surface area (Å²) in [5.74, 6) is 4.69. The van der Waals surface area contributed by atoms with E-state index < -0.39 is 0 Å². The first-order chi connectivity index (χ1) is 17.2. The van der Waals surface area contributed by atoms with E-state index in [0.717, 1.165) is 64.2 Å². The van der Waals surface area contributed by atoms with Crippen molar-refractivity contribution in [3.8, 4) is 0 Å². The van der Waals surface area contributed by atoms with Crippen LogP contribution in [0.2, 0.25) is 0 Å². The van der Waals surface area contributed by atoms with Crippen LogP contribution in [0.4, 0.5) is 0 Å². The molecular weight excluding hydrogens is 529 g/mol. The number of carbonyl (C=O) groups excluding carboxylic acids is 4. The average molecular weight is 565 g/mol. The molecule has 1 saturated heterocycles. The van der Waals surface area contributed by atoms with Crippen molar-refractivity contribution in [3.63, 3.8) is 0 Å². The molecule has 9 fully saturated rings. The molecule has 8 aliphatic carbocycles. The fourth-order valence-corrected chi connectivity index (χ4v) is 14.9. The van der Waals surface area contributed by atoms with Gasteiger partial charge in [0.2, 0.25) is 0 Å². The van der Waals surface area contributed by atoms with Crippen LogP contribution in [0.3, 0.4) is 0 Å². The number of carbonyl (C=O) groups is 4. The first-order valence-corrected chi connectivity index (χ1v) is 17.9. The monoisotopic (exact) mass is 564 g/mol. The van der Waals surface area contributed by atoms with Crippen LogP contribution in [0.1, 0.15) is 77.0 Å². The predicted molar refractivity (Wildman–Crippen MR) is 149 cm³/mol. The minimum absolute atomic E-state index is 0.294. The van der Waals surface area contributed by atoms with Gasteiger partial charge < -0.3 is 0 Å². The zero-order valence-corrected chi connectivity index (χ0v) is 24.2. The third-order valence-electron chi connectivity index (χ3n) is 11.0. The minimum atomic E-state index is -0.331. The molecule has 0 N–H and O–H groups in total. The number of thioether (sulfide) groups is 4. The molecule has 4 nitrogen and oxygen atoms in total. The van der Waals surface area contributed by atoms with Crippen molar-refractivity contribution in [1.82, 2.24) is 0 Å². The molecule has 0 atom stereocenters. The lowest BCUT2D eigenvalue weighted by molar-refractivity contribution is -0.154. The minimum Gasteiger partial charge on any atom is -0.287 e. The molecule has 0 radical (unpaired) electrons. The van der Waals surface area contributed by atoms with Gasteiger partial charge in [-0.2, -0.15) is 0 Å². The van der Waals surface area contributed by atoms with Crippen LogP contribution in [0.25, 0.3) is 0 Å². The molecule has 1 aliphatic heterocycles. The SMILES string of the molecule is O=C1SCCSC(=O)C23CC4CC(C2)CC(C4)(C3)C(=O)SCCSC(=O)C23CC4CC(CC1(C4)C2)C3. The zero-order valence-electron chi connectivity index (χ0n) is 20.9. The van der Waals surface area contributed by atoms with Gasteiger partial charge in [0.05, 0.1) is 0 Å². The first-order valence-electron chi connectivity index (χ1n) is 13.9. The molecule has 0 aromatic heterocycles. The van der Waals surface area contributed by atoms with Crippen molar-refractivity contribution in [2.45, 2.75) is 77.0 Å². The largest absolute Gasteiger partial charge is 0.287 e. The van der Waals surface area contributed by atoms with Gasteiger partial charge >= 0.3 is 0 Å². The lowest BCUT2D eigenvalue weighted by Gasteiger charge is -2.60. The fourth-order valence-electron chi connectivity index (χ4n) is 10.6. The molecule has 196 valence electrons. The molecule has 0 aromatic carbocycles. The Morgan fingerprint density at radius 3 is 0.861 bits per heavy atom. The normalized spacial score (nSPS) is 50.9. The van der Waals surface area contributed by atoms with E-state index in [1.54, 1.807) is 0 Å². The van der Waals surface area contributed by atoms with Crippen molar-refractivity contribution >= 4 is 67.5 Å². The summed E-state index contributed by atoms with van der Waals surface area (Å²) in [6, 6.07) is 0. The number of hydrogen-bond donors (Lipinski definition) is 0. The highest BCUT2D eigenvalue weighted by Gasteiger charge is 2.64. The molecular formula is C28H36O4S4. The molecule has 8 heteroatoms. The van der Waals surface area contributed by atoms with Gasteiger partial charge in [-0.25, -0.2) is 0 Å². The van der Waals surface area contributed by atoms with Crippen molar-refractivity contribution in [1.29, 1.82) is 0 Å². The van der Waals surface area contributed by atoms with Gasteiger partial charge in [0.1, 0.15) is 0 Å². The fraction of sp³-hybridized carbons (Fsp3) is 0.857. The van der Waals surface area contributed by atoms with Crippen LogP contribution >= 0.6 is 47.0 Å². The van der Waals surface area contributed by atoms with Gasteiger partial charge in [-0.15, -0.1) is 0 Å². The molecule has 0 unspecified atom stereocenters. The molecule has 0 aromatic rings. The molecule has 9 aliphatic rings. The third-order valence-corrected chi connectivity index (χ3v) is 15.9. The maximum atomic E-state index is 13.6. The zero-order chi connectivity index (χ0) is 24.8. The van der Waals surface area contributed by atoms with Crippen molar-refractivity contribution in [2.75, 3.05) is 23.0 Å². The lowest BCUT2D eigenvalue weighted by atomic mass is 9.44. The standard InChI is InChI=1S/C28H36O4S4/c29-21-25-7-17-5-18(8-25)12-27(11-17,15-25)23(31)35-3-4-36-24(32)28-13-19-6-20(14-28)10-26(9-19,16-28)22(30)34-2-1-33-21/h17-20H,1-16H2. The smallest absolute Gasteiger partial charge is 0.195 e. The van der Waals surface area contributed by atoms with Crippen molar-refractivity contribution in [2.24, 2.45) is 45.3 Å². The Kier molecular flexibility index (Phi) is 6.12. The number of hydrogen-bond acceptors (Lipinski definition) is 8. The van der Waals surface area contributed by atoms with Gasteiger partial charge in [-0.1, -0.05) is 47.0 Å². The number of rotatable bonds is 0. The van der Waals surface area contributed by atoms with Crippen LogP contribution in [-0.4, -0.2) is 43.5 Å². The Morgan fingerprint density at radius 1 is 0.417 bits per heavy atom. The average Bonchev–Trinajstić information content (AvgIpc) is 2.81. The van der Waals surface area contributed by atoms with Gasteiger partial charge in [-0.05, 0) is 101 Å². The summed E-state index contributed by atoms with van der Waals surface area (Å²) in [6.07, 6.45) is 11.5. The van der Waals surface area contributed by atoms with E-state index in [9.17, 15) is 19.2 Å². The second-order valence-electron chi connectivity index (χ2n) is 13.6. The molecule has 4 spiro atoms. The van der Waals surface area contributed by atoms with Crippen molar-refractivity contribution in [3.05, 3.63) is 0 Å². The van der Waals surface area contributed by atoms with E-state index in [4.69, 9.17) is 0 Å². The van der Waals surface area contributed by atoms with Crippen molar-refractivity contribution < 1.29 is 19.2 Å². The third kappa shape index (κ3) is 3.88. The Bertz CT molecular complexity index is 843. The summed E-state index contributed by atoms with van der Waals surface area (Å²) in [6.45, 7) is 0. The molecule has 1 heterocycles. The van der Waals surface area contributed by atoms with Crippen LogP contribution in [0.15, 0.2) is 0 Å². The molecule has 8 bridgehead atoms. The summed E-state index contributed by atoms with van der Waals surface area (Å²) in [7, 11) is 0. The summed E-state index contributed by atoms with van der Waals surface area (Å²) >= 11 is 5.74. The van der Waals surface area contributed by atoms with Crippen LogP contribution in [0, 0.1) is 45.3 Å². The molecule has 0 amide bonds. The Balaban J connectivity index is 1.15. The van der Waals surface area contributed by atoms with Gasteiger partial charge in [0.15, 0.2) is 20.5 Å². The van der Waals surface area contributed by atoms with E-state index in [1.165, 1.54) is 59.9 Å². The quantitative estimate of drug-likeness (QED) is 0.344. The summed E-state index contributed by atoms with van der Waals surface area (Å²) in [4.78, 5) is 54.6. The van der Waals surface area contributed by atoms with E-state index in [-0.39, 0.29) is 21.7 Å². The molecule has 8 saturated carbocycles. The second kappa shape index (κ2) is 8.79. The molecule has 36 heavy (non-hydrogen) atoms. The predicted octanol–water partition coefficient (Wildman–Crippen LogP) is 6.21. The van der Waals surface area contributed by atoms with Gasteiger partial charge in [0.25, 0.3) is 0 Å². The Hall–Kier alpha value is 0.0800. The van der Waals surface area contributed by atoms with E-state index in [1.807, 2.05) is 0 Å². The lowest BCUT2D eigenvalue weighted by Crippen LogP contribution is -2.57. The van der Waals surface area contributed by atoms with E-state index in [2.05, 4.69) is 0 Å². The summed E-state index contributed by atoms with van der Waals surface area (Å²) in [5, 5.41) is 1.18. The molecule has 9 rings (SSSR count). The highest BCUT2D eigenvalue weighted by molar-refractivity contribution is 8.17. The highest BCUT2D eigenvalue weighted by Crippen LogP contribution is 2.69. The van der Waals surface area contributed by atoms with Gasteiger partial charge in [0, 0.05) is 44.7 Å². The van der Waals surface area contributed by atoms with Gasteiger partial charge in [-0.3, -0.25) is 19.2 Å². The Labute approximate surface area is 231 Å². The topological polar surface area (TPSA) is 68.3 Å². The van der Waals surface area contributed by atoms with Crippen LogP contribution < -0.4 is 0 Å². The highest BCUT2D eigenvalue weighted by atomic mass is 32.2. The second-order valence-corrected chi connectivity index (χ2v) is 17.9. The Morgan fingerprint density at radius 2 is 0.639 bits per heavy atom.